The highest BCUT2D eigenvalue weighted by molar-refractivity contribution is 5.79. The van der Waals surface area contributed by atoms with Crippen molar-refractivity contribution in [1.29, 1.82) is 0 Å². The first-order valence-corrected chi connectivity index (χ1v) is 12.0. The third-order valence-corrected chi connectivity index (χ3v) is 8.11. The maximum Gasteiger partial charge on any atom is 0.261 e. The molecule has 0 aromatic heterocycles. The van der Waals surface area contributed by atoms with E-state index in [-0.39, 0.29) is 18.9 Å². The van der Waals surface area contributed by atoms with E-state index in [1.165, 1.54) is 24.0 Å². The molecular formula is C25H34F2N2O2. The van der Waals surface area contributed by atoms with Crippen LogP contribution in [0.3, 0.4) is 0 Å². The predicted molar refractivity (Wildman–Crippen MR) is 115 cm³/mol. The van der Waals surface area contributed by atoms with Gasteiger partial charge in [-0.1, -0.05) is 24.3 Å². The number of hydrogen-bond donors (Lipinski definition) is 0. The van der Waals surface area contributed by atoms with Gasteiger partial charge in [0.25, 0.3) is 5.92 Å². The first-order chi connectivity index (χ1) is 15.0. The highest BCUT2D eigenvalue weighted by Gasteiger charge is 2.45. The minimum absolute atomic E-state index is 0.00970. The quantitative estimate of drug-likeness (QED) is 0.706. The summed E-state index contributed by atoms with van der Waals surface area (Å²) in [7, 11) is 0. The molecule has 3 saturated heterocycles. The summed E-state index contributed by atoms with van der Waals surface area (Å²) in [6.07, 6.45) is 4.95. The number of alkyl halides is 2. The van der Waals surface area contributed by atoms with Crippen LogP contribution in [0.15, 0.2) is 24.3 Å². The number of carbonyl (C=O) groups excluding carboxylic acids is 1. The topological polar surface area (TPSA) is 32.8 Å². The molecule has 1 aliphatic carbocycles. The standard InChI is InChI=1S/C25H34F2N2O2/c26-25(27)10-12-28(17-25)11-7-18-1-3-19(4-2-18)22-6-5-21-15-29(16-23(21)22)24(30)20-8-13-31-14-9-20/h1-4,20-23H,5-17H2/t21-,22+,23+/m1/s1. The Balaban J connectivity index is 1.16. The van der Waals surface area contributed by atoms with E-state index in [2.05, 4.69) is 29.2 Å². The van der Waals surface area contributed by atoms with Gasteiger partial charge in [-0.25, -0.2) is 8.78 Å². The van der Waals surface area contributed by atoms with Gasteiger partial charge in [0.15, 0.2) is 0 Å². The Hall–Kier alpha value is -1.53. The zero-order valence-electron chi connectivity index (χ0n) is 18.3. The summed E-state index contributed by atoms with van der Waals surface area (Å²) in [6, 6.07) is 8.83. The lowest BCUT2D eigenvalue weighted by molar-refractivity contribution is -0.137. The Morgan fingerprint density at radius 3 is 2.55 bits per heavy atom. The van der Waals surface area contributed by atoms with E-state index in [1.807, 2.05) is 4.90 Å². The molecule has 0 N–H and O–H groups in total. The number of benzene rings is 1. The smallest absolute Gasteiger partial charge is 0.261 e. The molecule has 0 bridgehead atoms. The summed E-state index contributed by atoms with van der Waals surface area (Å²) in [5.41, 5.74) is 2.60. The van der Waals surface area contributed by atoms with Crippen LogP contribution in [0.5, 0.6) is 0 Å². The Kier molecular flexibility index (Phi) is 6.04. The second-order valence-electron chi connectivity index (χ2n) is 10.1. The molecule has 1 amide bonds. The van der Waals surface area contributed by atoms with Crippen molar-refractivity contribution in [3.05, 3.63) is 35.4 Å². The number of ether oxygens (including phenoxy) is 1. The number of likely N-dealkylation sites (tertiary alicyclic amines) is 2. The van der Waals surface area contributed by atoms with E-state index in [1.54, 1.807) is 0 Å². The van der Waals surface area contributed by atoms with Crippen LogP contribution < -0.4 is 0 Å². The van der Waals surface area contributed by atoms with Gasteiger partial charge in [-0.3, -0.25) is 9.69 Å². The van der Waals surface area contributed by atoms with Gasteiger partial charge >= 0.3 is 0 Å². The summed E-state index contributed by atoms with van der Waals surface area (Å²) in [5.74, 6) is -0.278. The van der Waals surface area contributed by atoms with Crippen molar-refractivity contribution in [2.75, 3.05) is 45.9 Å². The lowest BCUT2D eigenvalue weighted by Gasteiger charge is -2.27. The molecule has 1 aromatic rings. The summed E-state index contributed by atoms with van der Waals surface area (Å²) in [6.45, 7) is 4.36. The van der Waals surface area contributed by atoms with Crippen LogP contribution in [0.2, 0.25) is 0 Å². The average molecular weight is 433 g/mol. The van der Waals surface area contributed by atoms with Crippen molar-refractivity contribution >= 4 is 5.91 Å². The molecule has 5 rings (SSSR count). The molecule has 1 saturated carbocycles. The molecular weight excluding hydrogens is 398 g/mol. The summed E-state index contributed by atoms with van der Waals surface area (Å²) in [4.78, 5) is 17.0. The molecule has 3 heterocycles. The van der Waals surface area contributed by atoms with Gasteiger partial charge in [0, 0.05) is 51.7 Å². The molecule has 3 atom stereocenters. The largest absolute Gasteiger partial charge is 0.381 e. The number of halogens is 2. The van der Waals surface area contributed by atoms with Gasteiger partial charge in [-0.05, 0) is 61.0 Å². The maximum absolute atomic E-state index is 13.4. The third kappa shape index (κ3) is 4.65. The van der Waals surface area contributed by atoms with Gasteiger partial charge in [-0.2, -0.15) is 0 Å². The fourth-order valence-electron chi connectivity index (χ4n) is 6.28. The van der Waals surface area contributed by atoms with Gasteiger partial charge in [-0.15, -0.1) is 0 Å². The number of nitrogens with zero attached hydrogens (tertiary/aromatic N) is 2. The van der Waals surface area contributed by atoms with Gasteiger partial charge in [0.05, 0.1) is 6.54 Å². The number of rotatable bonds is 5. The van der Waals surface area contributed by atoms with E-state index < -0.39 is 5.92 Å². The van der Waals surface area contributed by atoms with Crippen LogP contribution in [0.4, 0.5) is 8.78 Å². The first-order valence-electron chi connectivity index (χ1n) is 12.0. The van der Waals surface area contributed by atoms with E-state index in [4.69, 9.17) is 4.74 Å². The average Bonchev–Trinajstić information content (AvgIpc) is 3.46. The van der Waals surface area contributed by atoms with Crippen molar-refractivity contribution in [2.45, 2.75) is 50.4 Å². The molecule has 4 fully saturated rings. The molecule has 0 spiro atoms. The van der Waals surface area contributed by atoms with Gasteiger partial charge < -0.3 is 9.64 Å². The highest BCUT2D eigenvalue weighted by atomic mass is 19.3. The van der Waals surface area contributed by atoms with Gasteiger partial charge in [0.2, 0.25) is 5.91 Å². The Morgan fingerprint density at radius 1 is 1.06 bits per heavy atom. The van der Waals surface area contributed by atoms with E-state index in [0.29, 0.717) is 50.0 Å². The molecule has 1 aromatic carbocycles. The predicted octanol–water partition coefficient (Wildman–Crippen LogP) is 3.95. The molecule has 170 valence electrons. The van der Waals surface area contributed by atoms with Crippen LogP contribution in [-0.4, -0.2) is 67.6 Å². The van der Waals surface area contributed by atoms with Gasteiger partial charge in [0.1, 0.15) is 0 Å². The maximum atomic E-state index is 13.4. The Morgan fingerprint density at radius 2 is 1.84 bits per heavy atom. The Bertz CT molecular complexity index is 778. The minimum atomic E-state index is -2.51. The second-order valence-corrected chi connectivity index (χ2v) is 10.1. The number of carbonyl (C=O) groups is 1. The SMILES string of the molecule is O=C(C1CCOCC1)N1C[C@H]2CC[C@@H](c3ccc(CCN4CCC(F)(F)C4)cc3)[C@H]2C1. The summed E-state index contributed by atoms with van der Waals surface area (Å²) >= 11 is 0. The molecule has 3 aliphatic heterocycles. The number of hydrogen-bond acceptors (Lipinski definition) is 3. The van der Waals surface area contributed by atoms with Crippen molar-refractivity contribution < 1.29 is 18.3 Å². The lowest BCUT2D eigenvalue weighted by atomic mass is 9.86. The van der Waals surface area contributed by atoms with E-state index in [9.17, 15) is 13.6 Å². The van der Waals surface area contributed by atoms with Crippen molar-refractivity contribution in [3.63, 3.8) is 0 Å². The molecule has 4 nitrogen and oxygen atoms in total. The second kappa shape index (κ2) is 8.78. The molecule has 6 heteroatoms. The van der Waals surface area contributed by atoms with Crippen LogP contribution in [0.25, 0.3) is 0 Å². The Labute approximate surface area is 183 Å². The van der Waals surface area contributed by atoms with Crippen molar-refractivity contribution in [2.24, 2.45) is 17.8 Å². The normalized spacial score (nSPS) is 31.3. The van der Waals surface area contributed by atoms with E-state index in [0.717, 1.165) is 32.4 Å². The van der Waals surface area contributed by atoms with Crippen LogP contribution in [-0.2, 0) is 16.0 Å². The summed E-state index contributed by atoms with van der Waals surface area (Å²) < 4.78 is 32.1. The molecule has 31 heavy (non-hydrogen) atoms. The van der Waals surface area contributed by atoms with Crippen LogP contribution in [0.1, 0.15) is 49.1 Å². The monoisotopic (exact) mass is 432 g/mol. The number of amides is 1. The molecule has 0 radical (unpaired) electrons. The zero-order chi connectivity index (χ0) is 21.4. The molecule has 0 unspecified atom stereocenters. The van der Waals surface area contributed by atoms with Crippen LogP contribution >= 0.6 is 0 Å². The number of fused-ring (bicyclic) bond motifs is 1. The summed E-state index contributed by atoms with van der Waals surface area (Å²) in [5, 5.41) is 0. The third-order valence-electron chi connectivity index (χ3n) is 8.11. The van der Waals surface area contributed by atoms with Crippen molar-refractivity contribution in [3.8, 4) is 0 Å². The molecule has 4 aliphatic rings. The fourth-order valence-corrected chi connectivity index (χ4v) is 6.28. The highest BCUT2D eigenvalue weighted by Crippen LogP contribution is 2.48. The zero-order valence-corrected chi connectivity index (χ0v) is 18.3. The van der Waals surface area contributed by atoms with E-state index >= 15 is 0 Å². The lowest BCUT2D eigenvalue weighted by Crippen LogP contribution is -2.37. The fraction of sp³-hybridized carbons (Fsp3) is 0.720. The van der Waals surface area contributed by atoms with Crippen molar-refractivity contribution in [1.82, 2.24) is 9.80 Å². The first kappa shape index (κ1) is 21.3. The minimum Gasteiger partial charge on any atom is -0.381 e. The van der Waals surface area contributed by atoms with Crippen LogP contribution in [0, 0.1) is 17.8 Å².